The monoisotopic (exact) mass is 484 g/mol. The molecule has 0 saturated carbocycles. The Morgan fingerprint density at radius 2 is 1.69 bits per heavy atom. The van der Waals surface area contributed by atoms with E-state index in [9.17, 15) is 27.6 Å². The van der Waals surface area contributed by atoms with E-state index in [1.807, 2.05) is 0 Å². The second-order valence-electron chi connectivity index (χ2n) is 7.88. The zero-order valence-corrected chi connectivity index (χ0v) is 18.5. The van der Waals surface area contributed by atoms with Gasteiger partial charge < -0.3 is 15.1 Å². The molecule has 11 heteroatoms. The fourth-order valence-corrected chi connectivity index (χ4v) is 3.47. The molecule has 35 heavy (non-hydrogen) atoms. The number of amides is 2. The number of nitrogens with zero attached hydrogens (tertiary/aromatic N) is 2. The maximum Gasteiger partial charge on any atom is 0.418 e. The van der Waals surface area contributed by atoms with Crippen molar-refractivity contribution in [1.29, 1.82) is 0 Å². The number of hydrogen-bond acceptors (Lipinski definition) is 5. The van der Waals surface area contributed by atoms with E-state index in [0.29, 0.717) is 6.07 Å². The zero-order chi connectivity index (χ0) is 25.3. The minimum absolute atomic E-state index is 0.0748. The van der Waals surface area contributed by atoms with Crippen LogP contribution < -0.4 is 16.2 Å². The van der Waals surface area contributed by atoms with Crippen LogP contribution in [-0.4, -0.2) is 21.6 Å². The Balaban J connectivity index is 1.72. The largest absolute Gasteiger partial charge is 0.459 e. The molecule has 0 aliphatic heterocycles. The van der Waals surface area contributed by atoms with Gasteiger partial charge in [0, 0.05) is 11.1 Å². The van der Waals surface area contributed by atoms with Crippen LogP contribution in [-0.2, 0) is 6.18 Å². The van der Waals surface area contributed by atoms with Crippen LogP contribution in [0.15, 0.2) is 70.1 Å². The van der Waals surface area contributed by atoms with E-state index in [4.69, 9.17) is 4.42 Å². The van der Waals surface area contributed by atoms with Crippen molar-refractivity contribution in [3.63, 3.8) is 0 Å². The normalized spacial score (nSPS) is 11.6. The highest BCUT2D eigenvalue weighted by Gasteiger charge is 2.35. The summed E-state index contributed by atoms with van der Waals surface area (Å²) in [5, 5.41) is 9.12. The molecule has 0 saturated heterocycles. The summed E-state index contributed by atoms with van der Waals surface area (Å²) < 4.78 is 47.5. The Bertz CT molecular complexity index is 1470. The highest BCUT2D eigenvalue weighted by molar-refractivity contribution is 6.11. The van der Waals surface area contributed by atoms with Gasteiger partial charge in [-0.15, -0.1) is 0 Å². The number of hydrogen-bond donors (Lipinski definition) is 2. The molecule has 0 atom stereocenters. The summed E-state index contributed by atoms with van der Waals surface area (Å²) in [6.45, 7) is 3.39. The van der Waals surface area contributed by atoms with Gasteiger partial charge in [-0.1, -0.05) is 18.2 Å². The first-order chi connectivity index (χ1) is 16.6. The fourth-order valence-electron chi connectivity index (χ4n) is 3.47. The van der Waals surface area contributed by atoms with Crippen LogP contribution in [0.25, 0.3) is 10.8 Å². The van der Waals surface area contributed by atoms with Crippen LogP contribution in [0.2, 0.25) is 0 Å². The molecular formula is C24H19F3N4O4. The van der Waals surface area contributed by atoms with Gasteiger partial charge in [0.25, 0.3) is 17.4 Å². The maximum atomic E-state index is 13.8. The lowest BCUT2D eigenvalue weighted by atomic mass is 10.1. The lowest BCUT2D eigenvalue weighted by molar-refractivity contribution is -0.136. The van der Waals surface area contributed by atoms with Gasteiger partial charge in [0.15, 0.2) is 11.5 Å². The smallest absolute Gasteiger partial charge is 0.418 e. The van der Waals surface area contributed by atoms with Gasteiger partial charge in [0.05, 0.1) is 28.9 Å². The predicted molar refractivity (Wildman–Crippen MR) is 122 cm³/mol. The van der Waals surface area contributed by atoms with Crippen molar-refractivity contribution in [3.8, 4) is 0 Å². The molecule has 0 aliphatic rings. The van der Waals surface area contributed by atoms with Gasteiger partial charge in [-0.05, 0) is 50.2 Å². The summed E-state index contributed by atoms with van der Waals surface area (Å²) >= 11 is 0. The molecule has 180 valence electrons. The minimum Gasteiger partial charge on any atom is -0.459 e. The Kier molecular flexibility index (Phi) is 6.16. The Hall–Kier alpha value is -4.41. The molecule has 0 unspecified atom stereocenters. The van der Waals surface area contributed by atoms with Crippen molar-refractivity contribution in [3.05, 3.63) is 88.2 Å². The lowest BCUT2D eigenvalue weighted by Crippen LogP contribution is -2.29. The lowest BCUT2D eigenvalue weighted by Gasteiger charge is -2.17. The molecule has 0 aliphatic carbocycles. The summed E-state index contributed by atoms with van der Waals surface area (Å²) in [6, 6.07) is 11.6. The number of alkyl halides is 3. The molecule has 2 aromatic carbocycles. The predicted octanol–water partition coefficient (Wildman–Crippen LogP) is 5.09. The molecule has 0 bridgehead atoms. The molecule has 2 N–H and O–H groups in total. The molecule has 0 fully saturated rings. The maximum absolute atomic E-state index is 13.8. The van der Waals surface area contributed by atoms with E-state index in [0.717, 1.165) is 10.7 Å². The molecular weight excluding hydrogens is 465 g/mol. The van der Waals surface area contributed by atoms with Crippen molar-refractivity contribution in [2.45, 2.75) is 26.1 Å². The summed E-state index contributed by atoms with van der Waals surface area (Å²) in [4.78, 5) is 37.9. The first-order valence-electron chi connectivity index (χ1n) is 10.4. The van der Waals surface area contributed by atoms with Crippen molar-refractivity contribution >= 4 is 34.0 Å². The molecule has 4 rings (SSSR count). The third-order valence-electron chi connectivity index (χ3n) is 5.11. The van der Waals surface area contributed by atoms with Crippen LogP contribution in [0, 0.1) is 0 Å². The van der Waals surface area contributed by atoms with Crippen molar-refractivity contribution in [2.75, 3.05) is 10.6 Å². The highest BCUT2D eigenvalue weighted by atomic mass is 19.4. The van der Waals surface area contributed by atoms with E-state index in [2.05, 4.69) is 15.7 Å². The number of anilines is 2. The topological polar surface area (TPSA) is 106 Å². The number of nitrogens with one attached hydrogen (secondary N) is 2. The van der Waals surface area contributed by atoms with Gasteiger partial charge in [-0.2, -0.15) is 18.3 Å². The average molecular weight is 484 g/mol. The molecule has 2 heterocycles. The SMILES string of the molecule is CC(C)n1nc(C(=O)Nc2ccc(NC(=O)c3ccco3)cc2C(F)(F)F)c2ccccc2c1=O. The van der Waals surface area contributed by atoms with Crippen LogP contribution >= 0.6 is 0 Å². The van der Waals surface area contributed by atoms with Gasteiger partial charge >= 0.3 is 6.18 Å². The summed E-state index contributed by atoms with van der Waals surface area (Å²) in [6.07, 6.45) is -3.59. The highest BCUT2D eigenvalue weighted by Crippen LogP contribution is 2.37. The summed E-state index contributed by atoms with van der Waals surface area (Å²) in [7, 11) is 0. The Labute approximate surface area is 196 Å². The number of carbonyl (C=O) groups excluding carboxylic acids is 2. The van der Waals surface area contributed by atoms with Crippen LogP contribution in [0.5, 0.6) is 0 Å². The van der Waals surface area contributed by atoms with E-state index in [1.54, 1.807) is 26.0 Å². The molecule has 8 nitrogen and oxygen atoms in total. The Morgan fingerprint density at radius 3 is 2.31 bits per heavy atom. The van der Waals surface area contributed by atoms with Crippen LogP contribution in [0.4, 0.5) is 24.5 Å². The number of furan rings is 1. The van der Waals surface area contributed by atoms with Crippen LogP contribution in [0.1, 0.15) is 46.5 Å². The number of rotatable bonds is 5. The number of benzene rings is 2. The first kappa shape index (κ1) is 23.7. The summed E-state index contributed by atoms with van der Waals surface area (Å²) in [5.74, 6) is -1.73. The van der Waals surface area contributed by atoms with E-state index >= 15 is 0 Å². The fraction of sp³-hybridized carbons (Fsp3) is 0.167. The van der Waals surface area contributed by atoms with E-state index < -0.39 is 34.8 Å². The van der Waals surface area contributed by atoms with Crippen molar-refractivity contribution < 1.29 is 27.2 Å². The quantitative estimate of drug-likeness (QED) is 0.410. The van der Waals surface area contributed by atoms with Gasteiger partial charge in [-0.3, -0.25) is 14.4 Å². The third-order valence-corrected chi connectivity index (χ3v) is 5.11. The third kappa shape index (κ3) is 4.79. The summed E-state index contributed by atoms with van der Waals surface area (Å²) in [5.41, 5.74) is -2.47. The van der Waals surface area contributed by atoms with Crippen LogP contribution in [0.3, 0.4) is 0 Å². The minimum atomic E-state index is -4.85. The zero-order valence-electron chi connectivity index (χ0n) is 18.5. The second-order valence-corrected chi connectivity index (χ2v) is 7.88. The van der Waals surface area contributed by atoms with Crippen molar-refractivity contribution in [1.82, 2.24) is 9.78 Å². The van der Waals surface area contributed by atoms with Gasteiger partial charge in [-0.25, -0.2) is 4.68 Å². The average Bonchev–Trinajstić information content (AvgIpc) is 3.35. The molecule has 2 aromatic heterocycles. The number of aromatic nitrogens is 2. The standard InChI is InChI=1S/C24H19F3N4O4/c1-13(2)31-23(34)16-7-4-3-6-15(16)20(30-31)22(33)29-18-10-9-14(12-17(18)24(25,26)27)28-21(32)19-8-5-11-35-19/h3-13H,1-2H3,(H,28,32)(H,29,33). The number of carbonyl (C=O) groups is 2. The van der Waals surface area contributed by atoms with E-state index in [-0.39, 0.29) is 34.0 Å². The number of halogens is 3. The van der Waals surface area contributed by atoms with Gasteiger partial charge in [0.1, 0.15) is 0 Å². The Morgan fingerprint density at radius 1 is 0.971 bits per heavy atom. The molecule has 0 radical (unpaired) electrons. The molecule has 0 spiro atoms. The molecule has 4 aromatic rings. The molecule has 2 amide bonds. The van der Waals surface area contributed by atoms with Crippen molar-refractivity contribution in [2.24, 2.45) is 0 Å². The first-order valence-corrected chi connectivity index (χ1v) is 10.4. The second kappa shape index (κ2) is 9.09. The van der Waals surface area contributed by atoms with E-state index in [1.165, 1.54) is 36.6 Å². The van der Waals surface area contributed by atoms with Gasteiger partial charge in [0.2, 0.25) is 0 Å². The number of fused-ring (bicyclic) bond motifs is 1.